The number of likely N-dealkylation sites (tertiary alicyclic amines) is 1. The molecule has 1 fully saturated rings. The van der Waals surface area contributed by atoms with Crippen molar-refractivity contribution in [2.45, 2.75) is 38.9 Å². The smallest absolute Gasteiger partial charge is 0.347 e. The Morgan fingerprint density at radius 1 is 1.31 bits per heavy atom. The van der Waals surface area contributed by atoms with Crippen molar-refractivity contribution in [3.63, 3.8) is 0 Å². The van der Waals surface area contributed by atoms with Crippen molar-refractivity contribution in [3.05, 3.63) is 30.5 Å². The quantitative estimate of drug-likeness (QED) is 0.857. The Kier molecular flexibility index (Phi) is 5.55. The molecule has 0 unspecified atom stereocenters. The van der Waals surface area contributed by atoms with E-state index in [2.05, 4.69) is 16.8 Å². The third-order valence-corrected chi connectivity index (χ3v) is 4.79. The Bertz CT molecular complexity index is 769. The SMILES string of the molecule is CCCn1ccc2ccc(NC(=O)[C@H]3CCCN(CC(F)(F)F)C3)cc21. The van der Waals surface area contributed by atoms with Crippen LogP contribution in [0.2, 0.25) is 0 Å². The van der Waals surface area contributed by atoms with Gasteiger partial charge in [-0.1, -0.05) is 13.0 Å². The van der Waals surface area contributed by atoms with E-state index < -0.39 is 18.6 Å². The molecule has 0 aliphatic carbocycles. The number of hydrogen-bond acceptors (Lipinski definition) is 2. The largest absolute Gasteiger partial charge is 0.401 e. The summed E-state index contributed by atoms with van der Waals surface area (Å²) in [6.07, 6.45) is 0.0304. The number of aryl methyl sites for hydroxylation is 1. The molecule has 3 rings (SSSR count). The molecule has 1 amide bonds. The van der Waals surface area contributed by atoms with Gasteiger partial charge in [0, 0.05) is 25.0 Å². The van der Waals surface area contributed by atoms with Crippen LogP contribution in [0, 0.1) is 5.92 Å². The van der Waals surface area contributed by atoms with Crippen molar-refractivity contribution in [3.8, 4) is 0 Å². The molecule has 1 atom stereocenters. The van der Waals surface area contributed by atoms with Gasteiger partial charge in [0.25, 0.3) is 0 Å². The van der Waals surface area contributed by atoms with Gasteiger partial charge >= 0.3 is 6.18 Å². The van der Waals surface area contributed by atoms with Gasteiger partial charge in [0.05, 0.1) is 18.0 Å². The first kappa shape index (κ1) is 18.8. The van der Waals surface area contributed by atoms with E-state index in [1.165, 1.54) is 4.90 Å². The monoisotopic (exact) mass is 367 g/mol. The number of carbonyl (C=O) groups is 1. The number of alkyl halides is 3. The number of halogens is 3. The number of amides is 1. The molecule has 142 valence electrons. The maximum absolute atomic E-state index is 12.6. The van der Waals surface area contributed by atoms with Crippen LogP contribution in [0.15, 0.2) is 30.5 Å². The lowest BCUT2D eigenvalue weighted by atomic mass is 9.97. The van der Waals surface area contributed by atoms with Crippen LogP contribution in [0.5, 0.6) is 0 Å². The molecule has 0 saturated carbocycles. The summed E-state index contributed by atoms with van der Waals surface area (Å²) in [6, 6.07) is 7.76. The maximum atomic E-state index is 12.6. The number of fused-ring (bicyclic) bond motifs is 1. The Hall–Kier alpha value is -2.02. The highest BCUT2D eigenvalue weighted by molar-refractivity contribution is 5.95. The number of benzene rings is 1. The van der Waals surface area contributed by atoms with Crippen LogP contribution in [-0.4, -0.2) is 41.2 Å². The molecular weight excluding hydrogens is 343 g/mol. The summed E-state index contributed by atoms with van der Waals surface area (Å²) in [5, 5.41) is 3.99. The second-order valence-corrected chi connectivity index (χ2v) is 6.96. The molecule has 7 heteroatoms. The Morgan fingerprint density at radius 2 is 2.12 bits per heavy atom. The zero-order valence-corrected chi connectivity index (χ0v) is 14.9. The molecule has 2 heterocycles. The fourth-order valence-corrected chi connectivity index (χ4v) is 3.61. The highest BCUT2D eigenvalue weighted by Gasteiger charge is 2.34. The number of nitrogens with zero attached hydrogens (tertiary/aromatic N) is 2. The second kappa shape index (κ2) is 7.70. The van der Waals surface area contributed by atoms with Crippen LogP contribution in [0.4, 0.5) is 18.9 Å². The summed E-state index contributed by atoms with van der Waals surface area (Å²) in [6.45, 7) is 2.59. The van der Waals surface area contributed by atoms with E-state index in [1.807, 2.05) is 30.5 Å². The van der Waals surface area contributed by atoms with Crippen LogP contribution >= 0.6 is 0 Å². The fraction of sp³-hybridized carbons (Fsp3) is 0.526. The van der Waals surface area contributed by atoms with Crippen LogP contribution in [0.1, 0.15) is 26.2 Å². The van der Waals surface area contributed by atoms with E-state index in [9.17, 15) is 18.0 Å². The summed E-state index contributed by atoms with van der Waals surface area (Å²) in [7, 11) is 0. The lowest BCUT2D eigenvalue weighted by molar-refractivity contribution is -0.151. The van der Waals surface area contributed by atoms with Gasteiger partial charge in [-0.05, 0) is 49.4 Å². The van der Waals surface area contributed by atoms with Gasteiger partial charge in [0.15, 0.2) is 0 Å². The molecule has 1 aliphatic heterocycles. The third kappa shape index (κ3) is 4.58. The highest BCUT2D eigenvalue weighted by Crippen LogP contribution is 2.25. The summed E-state index contributed by atoms with van der Waals surface area (Å²) in [5.41, 5.74) is 1.73. The summed E-state index contributed by atoms with van der Waals surface area (Å²) in [4.78, 5) is 13.9. The molecule has 1 saturated heterocycles. The normalized spacial score (nSPS) is 19.0. The van der Waals surface area contributed by atoms with Gasteiger partial charge in [-0.25, -0.2) is 0 Å². The minimum Gasteiger partial charge on any atom is -0.347 e. The fourth-order valence-electron chi connectivity index (χ4n) is 3.61. The lowest BCUT2D eigenvalue weighted by Crippen LogP contribution is -2.44. The molecule has 0 spiro atoms. The molecule has 1 aliphatic rings. The van der Waals surface area contributed by atoms with Gasteiger partial charge in [0.1, 0.15) is 0 Å². The molecule has 1 N–H and O–H groups in total. The topological polar surface area (TPSA) is 37.3 Å². The zero-order valence-electron chi connectivity index (χ0n) is 14.9. The van der Waals surface area contributed by atoms with Crippen molar-refractivity contribution < 1.29 is 18.0 Å². The third-order valence-electron chi connectivity index (χ3n) is 4.79. The molecular formula is C19H24F3N3O. The average molecular weight is 367 g/mol. The number of carbonyl (C=O) groups excluding carboxylic acids is 1. The van der Waals surface area contributed by atoms with E-state index in [1.54, 1.807) is 0 Å². The Balaban J connectivity index is 1.67. The van der Waals surface area contributed by atoms with E-state index in [0.29, 0.717) is 25.1 Å². The lowest BCUT2D eigenvalue weighted by Gasteiger charge is -2.32. The summed E-state index contributed by atoms with van der Waals surface area (Å²) >= 11 is 0. The van der Waals surface area contributed by atoms with Crippen LogP contribution < -0.4 is 5.32 Å². The first-order valence-corrected chi connectivity index (χ1v) is 9.04. The number of anilines is 1. The molecule has 26 heavy (non-hydrogen) atoms. The van der Waals surface area contributed by atoms with Crippen LogP contribution in [0.25, 0.3) is 10.9 Å². The second-order valence-electron chi connectivity index (χ2n) is 6.96. The number of rotatable bonds is 5. The molecule has 4 nitrogen and oxygen atoms in total. The molecule has 0 radical (unpaired) electrons. The highest BCUT2D eigenvalue weighted by atomic mass is 19.4. The van der Waals surface area contributed by atoms with E-state index in [0.717, 1.165) is 23.9 Å². The molecule has 0 bridgehead atoms. The van der Waals surface area contributed by atoms with E-state index in [4.69, 9.17) is 0 Å². The van der Waals surface area contributed by atoms with Crippen molar-refractivity contribution in [1.82, 2.24) is 9.47 Å². The minimum absolute atomic E-state index is 0.153. The first-order valence-electron chi connectivity index (χ1n) is 9.04. The van der Waals surface area contributed by atoms with Crippen molar-refractivity contribution in [2.75, 3.05) is 25.0 Å². The predicted octanol–water partition coefficient (Wildman–Crippen LogP) is 4.26. The number of aromatic nitrogens is 1. The summed E-state index contributed by atoms with van der Waals surface area (Å²) in [5.74, 6) is -0.617. The Morgan fingerprint density at radius 3 is 2.85 bits per heavy atom. The van der Waals surface area contributed by atoms with Gasteiger partial charge < -0.3 is 9.88 Å². The molecule has 1 aromatic carbocycles. The van der Waals surface area contributed by atoms with E-state index in [-0.39, 0.29) is 12.5 Å². The average Bonchev–Trinajstić information content (AvgIpc) is 2.96. The standard InChI is InChI=1S/C19H24F3N3O/c1-2-8-25-10-7-14-5-6-16(11-17(14)25)23-18(26)15-4-3-9-24(12-15)13-19(20,21)22/h5-7,10-11,15H,2-4,8-9,12-13H2,1H3,(H,23,26)/t15-/m0/s1. The van der Waals surface area contributed by atoms with Crippen molar-refractivity contribution in [1.29, 1.82) is 0 Å². The van der Waals surface area contributed by atoms with Gasteiger partial charge in [-0.2, -0.15) is 13.2 Å². The van der Waals surface area contributed by atoms with Gasteiger partial charge in [-0.15, -0.1) is 0 Å². The molecule has 2 aromatic rings. The van der Waals surface area contributed by atoms with E-state index >= 15 is 0 Å². The van der Waals surface area contributed by atoms with Gasteiger partial charge in [-0.3, -0.25) is 9.69 Å². The number of nitrogens with one attached hydrogen (secondary N) is 1. The van der Waals surface area contributed by atoms with Crippen molar-refractivity contribution >= 4 is 22.5 Å². The van der Waals surface area contributed by atoms with Crippen LogP contribution in [0.3, 0.4) is 0 Å². The summed E-state index contributed by atoms with van der Waals surface area (Å²) < 4.78 is 39.9. The van der Waals surface area contributed by atoms with Gasteiger partial charge in [0.2, 0.25) is 5.91 Å². The van der Waals surface area contributed by atoms with Crippen molar-refractivity contribution in [2.24, 2.45) is 5.92 Å². The van der Waals surface area contributed by atoms with Crippen LogP contribution in [-0.2, 0) is 11.3 Å². The first-order chi connectivity index (χ1) is 12.4. The predicted molar refractivity (Wildman–Crippen MR) is 96.1 cm³/mol. The number of hydrogen-bond donors (Lipinski definition) is 1. The zero-order chi connectivity index (χ0) is 18.7. The Labute approximate surface area is 151 Å². The minimum atomic E-state index is -4.23. The number of piperidine rings is 1. The maximum Gasteiger partial charge on any atom is 0.401 e. The molecule has 1 aromatic heterocycles.